The SMILES string of the molecule is Nc1c(C(=O)NCC2CCC2)sc2cccc(F)c12. The molecule has 1 aromatic heterocycles. The summed E-state index contributed by atoms with van der Waals surface area (Å²) in [6.45, 7) is 0.689. The van der Waals surface area contributed by atoms with Crippen molar-refractivity contribution < 1.29 is 9.18 Å². The molecule has 0 unspecified atom stereocenters. The van der Waals surface area contributed by atoms with E-state index < -0.39 is 0 Å². The molecular weight excluding hydrogens is 263 g/mol. The molecule has 0 radical (unpaired) electrons. The Morgan fingerprint density at radius 2 is 2.26 bits per heavy atom. The molecule has 0 spiro atoms. The number of nitrogens with one attached hydrogen (secondary N) is 1. The number of anilines is 1. The van der Waals surface area contributed by atoms with Crippen LogP contribution in [0, 0.1) is 11.7 Å². The second-order valence-electron chi connectivity index (χ2n) is 4.96. The minimum Gasteiger partial charge on any atom is -0.397 e. The normalized spacial score (nSPS) is 15.4. The molecule has 1 saturated carbocycles. The quantitative estimate of drug-likeness (QED) is 0.906. The van der Waals surface area contributed by atoms with E-state index in [4.69, 9.17) is 5.73 Å². The monoisotopic (exact) mass is 278 g/mol. The fraction of sp³-hybridized carbons (Fsp3) is 0.357. The summed E-state index contributed by atoms with van der Waals surface area (Å²) in [4.78, 5) is 12.5. The standard InChI is InChI=1S/C14H15FN2OS/c15-9-5-2-6-10-11(9)12(16)13(19-10)14(18)17-7-8-3-1-4-8/h2,5-6,8H,1,3-4,7,16H2,(H,17,18). The molecule has 1 aromatic carbocycles. The Balaban J connectivity index is 1.85. The van der Waals surface area contributed by atoms with Gasteiger partial charge in [-0.05, 0) is 30.9 Å². The van der Waals surface area contributed by atoms with Crippen LogP contribution in [-0.2, 0) is 0 Å². The molecule has 5 heteroatoms. The van der Waals surface area contributed by atoms with E-state index in [1.165, 1.54) is 36.7 Å². The van der Waals surface area contributed by atoms with E-state index in [1.54, 1.807) is 12.1 Å². The third-order valence-corrected chi connectivity index (χ3v) is 4.85. The number of nitrogens with two attached hydrogens (primary N) is 1. The number of amides is 1. The van der Waals surface area contributed by atoms with Crippen molar-refractivity contribution in [1.29, 1.82) is 0 Å². The van der Waals surface area contributed by atoms with E-state index in [2.05, 4.69) is 5.32 Å². The molecule has 19 heavy (non-hydrogen) atoms. The molecule has 0 bridgehead atoms. The smallest absolute Gasteiger partial charge is 0.263 e. The van der Waals surface area contributed by atoms with Gasteiger partial charge in [0.2, 0.25) is 0 Å². The maximum atomic E-state index is 13.7. The van der Waals surface area contributed by atoms with Crippen LogP contribution in [0.15, 0.2) is 18.2 Å². The van der Waals surface area contributed by atoms with Crippen LogP contribution >= 0.6 is 11.3 Å². The van der Waals surface area contributed by atoms with Crippen molar-refractivity contribution in [3.8, 4) is 0 Å². The molecule has 2 aromatic rings. The van der Waals surface area contributed by atoms with Crippen LogP contribution in [0.25, 0.3) is 10.1 Å². The molecule has 100 valence electrons. The van der Waals surface area contributed by atoms with E-state index >= 15 is 0 Å². The van der Waals surface area contributed by atoms with Crippen molar-refractivity contribution >= 4 is 33.0 Å². The molecule has 1 heterocycles. The van der Waals surface area contributed by atoms with Gasteiger partial charge in [0.25, 0.3) is 5.91 Å². The topological polar surface area (TPSA) is 55.1 Å². The van der Waals surface area contributed by atoms with Crippen LogP contribution in [-0.4, -0.2) is 12.5 Å². The van der Waals surface area contributed by atoms with E-state index in [0.717, 1.165) is 0 Å². The first-order valence-electron chi connectivity index (χ1n) is 6.41. The lowest BCUT2D eigenvalue weighted by Gasteiger charge is -2.25. The van der Waals surface area contributed by atoms with Gasteiger partial charge in [0.1, 0.15) is 10.7 Å². The second-order valence-corrected chi connectivity index (χ2v) is 6.02. The number of halogens is 1. The lowest BCUT2D eigenvalue weighted by Crippen LogP contribution is -2.32. The summed E-state index contributed by atoms with van der Waals surface area (Å²) < 4.78 is 14.4. The number of nitrogen functional groups attached to an aromatic ring is 1. The van der Waals surface area contributed by atoms with Gasteiger partial charge in [0.05, 0.1) is 11.1 Å². The fourth-order valence-corrected chi connectivity index (χ4v) is 3.37. The Labute approximate surface area is 114 Å². The van der Waals surface area contributed by atoms with E-state index in [9.17, 15) is 9.18 Å². The van der Waals surface area contributed by atoms with Crippen LogP contribution in [0.5, 0.6) is 0 Å². The number of carbonyl (C=O) groups excluding carboxylic acids is 1. The minimum absolute atomic E-state index is 0.190. The first kappa shape index (κ1) is 12.4. The van der Waals surface area contributed by atoms with Crippen LogP contribution in [0.1, 0.15) is 28.9 Å². The van der Waals surface area contributed by atoms with Crippen molar-refractivity contribution in [2.75, 3.05) is 12.3 Å². The summed E-state index contributed by atoms with van der Waals surface area (Å²) in [6, 6.07) is 4.77. The molecular formula is C14H15FN2OS. The molecule has 1 aliphatic rings. The van der Waals surface area contributed by atoms with Crippen molar-refractivity contribution in [2.45, 2.75) is 19.3 Å². The predicted octanol–water partition coefficient (Wildman–Crippen LogP) is 3.15. The largest absolute Gasteiger partial charge is 0.397 e. The number of fused-ring (bicyclic) bond motifs is 1. The van der Waals surface area contributed by atoms with E-state index in [-0.39, 0.29) is 17.4 Å². The highest BCUT2D eigenvalue weighted by Crippen LogP contribution is 2.35. The summed E-state index contributed by atoms with van der Waals surface area (Å²) >= 11 is 1.25. The fourth-order valence-electron chi connectivity index (χ4n) is 2.31. The van der Waals surface area contributed by atoms with Crippen LogP contribution in [0.4, 0.5) is 10.1 Å². The van der Waals surface area contributed by atoms with Gasteiger partial charge in [0.15, 0.2) is 0 Å². The first-order chi connectivity index (χ1) is 9.16. The molecule has 3 N–H and O–H groups in total. The minimum atomic E-state index is -0.371. The highest BCUT2D eigenvalue weighted by Gasteiger charge is 2.21. The van der Waals surface area contributed by atoms with Crippen LogP contribution in [0.3, 0.4) is 0 Å². The number of carbonyl (C=O) groups is 1. The zero-order valence-corrected chi connectivity index (χ0v) is 11.2. The van der Waals surface area contributed by atoms with Gasteiger partial charge < -0.3 is 11.1 Å². The Kier molecular flexibility index (Phi) is 3.14. The summed E-state index contributed by atoms with van der Waals surface area (Å²) in [5.74, 6) is 0.0329. The van der Waals surface area contributed by atoms with Gasteiger partial charge in [-0.1, -0.05) is 12.5 Å². The Bertz CT molecular complexity index is 634. The van der Waals surface area contributed by atoms with Gasteiger partial charge >= 0.3 is 0 Å². The lowest BCUT2D eigenvalue weighted by atomic mass is 9.85. The zero-order chi connectivity index (χ0) is 13.4. The van der Waals surface area contributed by atoms with Crippen molar-refractivity contribution in [3.05, 3.63) is 28.9 Å². The molecule has 3 rings (SSSR count). The highest BCUT2D eigenvalue weighted by atomic mass is 32.1. The van der Waals surface area contributed by atoms with E-state index in [0.29, 0.717) is 27.4 Å². The molecule has 1 amide bonds. The third-order valence-electron chi connectivity index (χ3n) is 3.68. The van der Waals surface area contributed by atoms with Gasteiger partial charge in [-0.25, -0.2) is 4.39 Å². The lowest BCUT2D eigenvalue weighted by molar-refractivity contribution is 0.0944. The number of rotatable bonds is 3. The number of hydrogen-bond donors (Lipinski definition) is 2. The van der Waals surface area contributed by atoms with Gasteiger partial charge in [-0.15, -0.1) is 11.3 Å². The number of benzene rings is 1. The van der Waals surface area contributed by atoms with Crippen molar-refractivity contribution in [3.63, 3.8) is 0 Å². The maximum absolute atomic E-state index is 13.7. The highest BCUT2D eigenvalue weighted by molar-refractivity contribution is 7.21. The molecule has 1 fully saturated rings. The van der Waals surface area contributed by atoms with Gasteiger partial charge in [-0.2, -0.15) is 0 Å². The molecule has 0 aliphatic heterocycles. The zero-order valence-electron chi connectivity index (χ0n) is 10.4. The summed E-state index contributed by atoms with van der Waals surface area (Å²) in [5, 5.41) is 3.25. The average Bonchev–Trinajstić information content (AvgIpc) is 2.66. The van der Waals surface area contributed by atoms with Gasteiger partial charge in [0, 0.05) is 11.2 Å². The molecule has 1 aliphatic carbocycles. The Morgan fingerprint density at radius 1 is 1.47 bits per heavy atom. The number of hydrogen-bond acceptors (Lipinski definition) is 3. The molecule has 0 atom stereocenters. The summed E-state index contributed by atoms with van der Waals surface area (Å²) in [7, 11) is 0. The predicted molar refractivity (Wildman–Crippen MR) is 75.9 cm³/mol. The van der Waals surface area contributed by atoms with Crippen molar-refractivity contribution in [1.82, 2.24) is 5.32 Å². The number of thiophene rings is 1. The summed E-state index contributed by atoms with van der Waals surface area (Å²) in [5.41, 5.74) is 6.16. The first-order valence-corrected chi connectivity index (χ1v) is 7.23. The second kappa shape index (κ2) is 4.81. The Hall–Kier alpha value is -1.62. The molecule has 0 saturated heterocycles. The van der Waals surface area contributed by atoms with Crippen LogP contribution in [0.2, 0.25) is 0 Å². The maximum Gasteiger partial charge on any atom is 0.263 e. The van der Waals surface area contributed by atoms with Gasteiger partial charge in [-0.3, -0.25) is 4.79 Å². The average molecular weight is 278 g/mol. The summed E-state index contributed by atoms with van der Waals surface area (Å²) in [6.07, 6.45) is 3.60. The van der Waals surface area contributed by atoms with Crippen LogP contribution < -0.4 is 11.1 Å². The van der Waals surface area contributed by atoms with E-state index in [1.807, 2.05) is 0 Å². The Morgan fingerprint density at radius 3 is 2.89 bits per heavy atom. The van der Waals surface area contributed by atoms with Crippen molar-refractivity contribution in [2.24, 2.45) is 5.92 Å². The molecule has 3 nitrogen and oxygen atoms in total. The third kappa shape index (κ3) is 2.18.